The zero-order valence-corrected chi connectivity index (χ0v) is 19.8. The van der Waals surface area contributed by atoms with Gasteiger partial charge in [0, 0.05) is 13.6 Å². The van der Waals surface area contributed by atoms with Crippen LogP contribution in [0, 0.1) is 0 Å². The van der Waals surface area contributed by atoms with E-state index in [4.69, 9.17) is 0 Å². The van der Waals surface area contributed by atoms with Gasteiger partial charge in [-0.05, 0) is 19.4 Å². The molecule has 1 aromatic rings. The van der Waals surface area contributed by atoms with E-state index in [0.29, 0.717) is 24.2 Å². The third-order valence-electron chi connectivity index (χ3n) is 3.98. The summed E-state index contributed by atoms with van der Waals surface area (Å²) in [5, 5.41) is 8.88. The van der Waals surface area contributed by atoms with Crippen molar-refractivity contribution in [1.82, 2.24) is 25.3 Å². The number of carbonyl (C=O) groups excluding carboxylic acids is 3. The van der Waals surface area contributed by atoms with Crippen molar-refractivity contribution in [3.05, 3.63) is 36.7 Å². The third kappa shape index (κ3) is 6.86. The molecule has 4 amide bonds. The van der Waals surface area contributed by atoms with Gasteiger partial charge in [0.25, 0.3) is 11.8 Å². The van der Waals surface area contributed by atoms with Crippen LogP contribution in [0.5, 0.6) is 0 Å². The summed E-state index contributed by atoms with van der Waals surface area (Å²) < 4.78 is 1.57. The number of imide groups is 1. The first kappa shape index (κ1) is 29.3. The Bertz CT molecular complexity index is 712. The van der Waals surface area contributed by atoms with Gasteiger partial charge in [-0.2, -0.15) is 5.10 Å². The lowest BCUT2D eigenvalue weighted by molar-refractivity contribution is -0.123. The molecule has 3 heterocycles. The largest absolute Gasteiger partial charge is 0.336 e. The van der Waals surface area contributed by atoms with E-state index in [-0.39, 0.29) is 18.4 Å². The lowest BCUT2D eigenvalue weighted by Gasteiger charge is -2.21. The molecule has 0 bridgehead atoms. The van der Waals surface area contributed by atoms with Crippen LogP contribution in [0.3, 0.4) is 0 Å². The van der Waals surface area contributed by atoms with Crippen LogP contribution in [-0.4, -0.2) is 51.2 Å². The second-order valence-corrected chi connectivity index (χ2v) is 5.65. The van der Waals surface area contributed by atoms with Gasteiger partial charge >= 0.3 is 6.03 Å². The average molecular weight is 422 g/mol. The number of amides is 4. The predicted molar refractivity (Wildman–Crippen MR) is 123 cm³/mol. The molecule has 0 aliphatic carbocycles. The summed E-state index contributed by atoms with van der Waals surface area (Å²) in [4.78, 5) is 37.3. The Morgan fingerprint density at radius 3 is 2.13 bits per heavy atom. The van der Waals surface area contributed by atoms with Crippen LogP contribution in [0.2, 0.25) is 0 Å². The Kier molecular flexibility index (Phi) is 14.7. The molecule has 0 radical (unpaired) electrons. The summed E-state index contributed by atoms with van der Waals surface area (Å²) in [6.45, 7) is 21.5. The maximum Gasteiger partial charge on any atom is 0.322 e. The maximum atomic E-state index is 12.5. The molecule has 2 N–H and O–H groups in total. The molecular formula is C22H39N5O3. The van der Waals surface area contributed by atoms with Gasteiger partial charge in [0.15, 0.2) is 0 Å². The van der Waals surface area contributed by atoms with Crippen LogP contribution in [0.25, 0.3) is 6.08 Å². The van der Waals surface area contributed by atoms with E-state index in [2.05, 4.69) is 28.9 Å². The molecule has 1 spiro atoms. The number of hydrogen-bond donors (Lipinski definition) is 2. The standard InChI is InChI=1S/C13H15N5O3.C3H6.3C2H6/c1-3-9-8(6-14-17(9)2)10(19)18-5-4-13(7-18)11(20)15-12(21)16-13;1-3-2;3*1-2/h3,6H,1,4-5,7H2,2H3,(H2,15,16,20,21);3H,1H2,2H3;3*1-2H3. The molecule has 1 atom stereocenters. The van der Waals surface area contributed by atoms with Crippen LogP contribution in [0.15, 0.2) is 25.4 Å². The Hall–Kier alpha value is -2.90. The van der Waals surface area contributed by atoms with Crippen LogP contribution < -0.4 is 10.6 Å². The second-order valence-electron chi connectivity index (χ2n) is 5.65. The molecule has 0 saturated carbocycles. The number of rotatable bonds is 2. The second kappa shape index (κ2) is 15.0. The molecule has 1 unspecified atom stereocenters. The highest BCUT2D eigenvalue weighted by atomic mass is 16.2. The Labute approximate surface area is 181 Å². The van der Waals surface area contributed by atoms with E-state index in [1.54, 1.807) is 28.8 Å². The number of hydrogen-bond acceptors (Lipinski definition) is 4. The molecule has 30 heavy (non-hydrogen) atoms. The van der Waals surface area contributed by atoms with Crippen molar-refractivity contribution in [2.24, 2.45) is 7.05 Å². The minimum Gasteiger partial charge on any atom is -0.336 e. The smallest absolute Gasteiger partial charge is 0.322 e. The summed E-state index contributed by atoms with van der Waals surface area (Å²) in [5.41, 5.74) is 0.0682. The zero-order chi connectivity index (χ0) is 23.9. The Morgan fingerprint density at radius 2 is 1.70 bits per heavy atom. The molecule has 2 aliphatic heterocycles. The number of nitrogens with one attached hydrogen (secondary N) is 2. The monoisotopic (exact) mass is 421 g/mol. The van der Waals surface area contributed by atoms with Gasteiger partial charge in [-0.15, -0.1) is 6.58 Å². The molecule has 8 nitrogen and oxygen atoms in total. The molecule has 2 saturated heterocycles. The fraction of sp³-hybridized carbons (Fsp3) is 0.545. The normalized spacial score (nSPS) is 18.1. The summed E-state index contributed by atoms with van der Waals surface area (Å²) in [5.74, 6) is -0.596. The van der Waals surface area contributed by atoms with E-state index < -0.39 is 11.6 Å². The van der Waals surface area contributed by atoms with Crippen LogP contribution in [-0.2, 0) is 11.8 Å². The van der Waals surface area contributed by atoms with E-state index in [1.807, 2.05) is 48.5 Å². The first-order chi connectivity index (χ1) is 14.4. The number of aryl methyl sites for hydroxylation is 1. The Balaban J connectivity index is 0. The van der Waals surface area contributed by atoms with Crippen molar-refractivity contribution in [3.63, 3.8) is 0 Å². The molecule has 8 heteroatoms. The van der Waals surface area contributed by atoms with Crippen molar-refractivity contribution < 1.29 is 14.4 Å². The minimum atomic E-state index is -0.997. The van der Waals surface area contributed by atoms with Crippen LogP contribution >= 0.6 is 0 Å². The van der Waals surface area contributed by atoms with Gasteiger partial charge in [0.2, 0.25) is 0 Å². The van der Waals surface area contributed by atoms with Gasteiger partial charge in [0.1, 0.15) is 5.54 Å². The molecule has 2 fully saturated rings. The van der Waals surface area contributed by atoms with E-state index in [9.17, 15) is 14.4 Å². The average Bonchev–Trinajstić information content (AvgIpc) is 3.44. The zero-order valence-electron chi connectivity index (χ0n) is 19.8. The number of nitrogens with zero attached hydrogens (tertiary/aromatic N) is 3. The fourth-order valence-corrected chi connectivity index (χ4v) is 2.82. The maximum absolute atomic E-state index is 12.5. The van der Waals surface area contributed by atoms with Crippen molar-refractivity contribution in [1.29, 1.82) is 0 Å². The highest BCUT2D eigenvalue weighted by Crippen LogP contribution is 2.26. The van der Waals surface area contributed by atoms with Gasteiger partial charge < -0.3 is 10.2 Å². The van der Waals surface area contributed by atoms with Crippen molar-refractivity contribution >= 4 is 23.9 Å². The number of likely N-dealkylation sites (tertiary alicyclic amines) is 1. The molecule has 2 aliphatic rings. The van der Waals surface area contributed by atoms with Gasteiger partial charge in [-0.25, -0.2) is 4.79 Å². The van der Waals surface area contributed by atoms with Crippen LogP contribution in [0.1, 0.15) is 70.9 Å². The number of aromatic nitrogens is 2. The SMILES string of the molecule is C=CC.C=Cc1c(C(=O)N2CCC3(C2)NC(=O)NC3=O)cnn1C.CC.CC.CC. The summed E-state index contributed by atoms with van der Waals surface area (Å²) >= 11 is 0. The lowest BCUT2D eigenvalue weighted by atomic mass is 9.99. The molecule has 1 aromatic heterocycles. The third-order valence-corrected chi connectivity index (χ3v) is 3.98. The summed E-state index contributed by atoms with van der Waals surface area (Å²) in [7, 11) is 1.73. The molecule has 170 valence electrons. The van der Waals surface area contributed by atoms with Crippen molar-refractivity contribution in [2.75, 3.05) is 13.1 Å². The highest BCUT2D eigenvalue weighted by molar-refractivity contribution is 6.08. The highest BCUT2D eigenvalue weighted by Gasteiger charge is 2.51. The molecular weight excluding hydrogens is 382 g/mol. The van der Waals surface area contributed by atoms with Gasteiger partial charge in [-0.3, -0.25) is 19.6 Å². The Morgan fingerprint density at radius 1 is 1.17 bits per heavy atom. The number of urea groups is 1. The lowest BCUT2D eigenvalue weighted by Crippen LogP contribution is -2.49. The van der Waals surface area contributed by atoms with Crippen molar-refractivity contribution in [3.8, 4) is 0 Å². The number of carbonyl (C=O) groups is 3. The summed E-state index contributed by atoms with van der Waals surface area (Å²) in [6, 6.07) is -0.512. The predicted octanol–water partition coefficient (Wildman–Crippen LogP) is 3.76. The molecule has 3 rings (SSSR count). The minimum absolute atomic E-state index is 0.162. The first-order valence-electron chi connectivity index (χ1n) is 10.5. The topological polar surface area (TPSA) is 96.3 Å². The number of allylic oxidation sites excluding steroid dienone is 1. The summed E-state index contributed by atoms with van der Waals surface area (Å²) in [6.07, 6.45) is 5.20. The van der Waals surface area contributed by atoms with E-state index >= 15 is 0 Å². The first-order valence-corrected chi connectivity index (χ1v) is 10.5. The van der Waals surface area contributed by atoms with Gasteiger partial charge in [0.05, 0.1) is 24.0 Å². The fourth-order valence-electron chi connectivity index (χ4n) is 2.82. The van der Waals surface area contributed by atoms with E-state index in [0.717, 1.165) is 0 Å². The molecule has 0 aromatic carbocycles. The van der Waals surface area contributed by atoms with Crippen molar-refractivity contribution in [2.45, 2.75) is 60.4 Å². The van der Waals surface area contributed by atoms with Gasteiger partial charge in [-0.1, -0.05) is 54.2 Å². The van der Waals surface area contributed by atoms with E-state index in [1.165, 1.54) is 6.20 Å². The quantitative estimate of drug-likeness (QED) is 0.561. The van der Waals surface area contributed by atoms with Crippen LogP contribution in [0.4, 0.5) is 4.79 Å².